The molecular formula is C13H24N2. The Labute approximate surface area is 93.5 Å². The lowest BCUT2D eigenvalue weighted by Crippen LogP contribution is -2.22. The van der Waals surface area contributed by atoms with Crippen LogP contribution in [0.3, 0.4) is 0 Å². The van der Waals surface area contributed by atoms with E-state index in [1.807, 2.05) is 0 Å². The molecule has 86 valence electrons. The molecule has 0 saturated heterocycles. The van der Waals surface area contributed by atoms with Gasteiger partial charge in [-0.05, 0) is 11.8 Å². The Morgan fingerprint density at radius 3 is 1.87 bits per heavy atom. The molecule has 2 nitrogen and oxygen atoms in total. The fraction of sp³-hybridized carbons (Fsp3) is 0.769. The van der Waals surface area contributed by atoms with E-state index in [0.717, 1.165) is 6.42 Å². The third-order valence-electron chi connectivity index (χ3n) is 2.66. The average molecular weight is 208 g/mol. The van der Waals surface area contributed by atoms with Crippen molar-refractivity contribution >= 4 is 0 Å². The number of hydrogen-bond acceptors (Lipinski definition) is 1. The molecule has 0 aliphatic heterocycles. The molecule has 0 aliphatic rings. The van der Waals surface area contributed by atoms with E-state index in [9.17, 15) is 0 Å². The zero-order chi connectivity index (χ0) is 11.9. The summed E-state index contributed by atoms with van der Waals surface area (Å²) in [7, 11) is 0. The van der Waals surface area contributed by atoms with Crippen molar-refractivity contribution in [3.8, 4) is 0 Å². The summed E-state index contributed by atoms with van der Waals surface area (Å²) in [4.78, 5) is 0. The molecule has 0 aliphatic carbocycles. The topological polar surface area (TPSA) is 28.7 Å². The number of aromatic nitrogens is 2. The van der Waals surface area contributed by atoms with Crippen LogP contribution in [-0.4, -0.2) is 10.2 Å². The molecule has 0 unspecified atom stereocenters. The monoisotopic (exact) mass is 208 g/mol. The Bertz CT molecular complexity index is 334. The van der Waals surface area contributed by atoms with Crippen LogP contribution in [0.25, 0.3) is 0 Å². The number of nitrogens with zero attached hydrogens (tertiary/aromatic N) is 1. The van der Waals surface area contributed by atoms with Crippen molar-refractivity contribution < 1.29 is 0 Å². The van der Waals surface area contributed by atoms with E-state index >= 15 is 0 Å². The van der Waals surface area contributed by atoms with Crippen molar-refractivity contribution in [1.82, 2.24) is 10.2 Å². The minimum atomic E-state index is 0.118. The summed E-state index contributed by atoms with van der Waals surface area (Å²) in [5.41, 5.74) is 4.19. The first-order chi connectivity index (χ1) is 6.68. The standard InChI is InChI=1S/C13H24N2/c1-8-9-10(12(2,3)4)11(15-14-9)13(5,6)7/h8H2,1-7H3,(H,14,15). The summed E-state index contributed by atoms with van der Waals surface area (Å²) in [5.74, 6) is 0. The Kier molecular flexibility index (Phi) is 2.99. The maximum Gasteiger partial charge on any atom is 0.0715 e. The Morgan fingerprint density at radius 1 is 1.00 bits per heavy atom. The number of hydrogen-bond donors (Lipinski definition) is 1. The fourth-order valence-electron chi connectivity index (χ4n) is 1.98. The molecular weight excluding hydrogens is 184 g/mol. The van der Waals surface area contributed by atoms with Gasteiger partial charge in [-0.2, -0.15) is 5.10 Å². The van der Waals surface area contributed by atoms with Gasteiger partial charge in [0.1, 0.15) is 0 Å². The molecule has 1 heterocycles. The molecule has 1 rings (SSSR count). The number of rotatable bonds is 1. The SMILES string of the molecule is CCc1[nH]nc(C(C)(C)C)c1C(C)(C)C. The van der Waals surface area contributed by atoms with Gasteiger partial charge in [0.15, 0.2) is 0 Å². The molecule has 0 bridgehead atoms. The van der Waals surface area contributed by atoms with Gasteiger partial charge in [-0.1, -0.05) is 48.5 Å². The lowest BCUT2D eigenvalue weighted by atomic mass is 9.78. The molecule has 0 saturated carbocycles. The van der Waals surface area contributed by atoms with Gasteiger partial charge in [-0.3, -0.25) is 5.10 Å². The second-order valence-electron chi connectivity index (χ2n) is 6.28. The van der Waals surface area contributed by atoms with Gasteiger partial charge in [-0.25, -0.2) is 0 Å². The smallest absolute Gasteiger partial charge is 0.0715 e. The molecule has 0 radical (unpaired) electrons. The highest BCUT2D eigenvalue weighted by molar-refractivity contribution is 5.36. The number of H-pyrrole nitrogens is 1. The largest absolute Gasteiger partial charge is 0.282 e. The maximum absolute atomic E-state index is 4.50. The summed E-state index contributed by atoms with van der Waals surface area (Å²) in [5, 5.41) is 7.69. The van der Waals surface area contributed by atoms with E-state index < -0.39 is 0 Å². The van der Waals surface area contributed by atoms with Crippen LogP contribution in [0, 0.1) is 0 Å². The molecule has 1 N–H and O–H groups in total. The third-order valence-corrected chi connectivity index (χ3v) is 2.66. The van der Waals surface area contributed by atoms with Crippen molar-refractivity contribution in [3.63, 3.8) is 0 Å². The van der Waals surface area contributed by atoms with E-state index in [-0.39, 0.29) is 10.8 Å². The molecule has 0 amide bonds. The zero-order valence-corrected chi connectivity index (χ0v) is 11.2. The number of aromatic amines is 1. The van der Waals surface area contributed by atoms with Gasteiger partial charge in [0.25, 0.3) is 0 Å². The first kappa shape index (κ1) is 12.3. The predicted molar refractivity (Wildman–Crippen MR) is 65.4 cm³/mol. The van der Waals surface area contributed by atoms with Crippen LogP contribution in [0.4, 0.5) is 0 Å². The summed E-state index contributed by atoms with van der Waals surface area (Å²) >= 11 is 0. The van der Waals surface area contributed by atoms with Gasteiger partial charge >= 0.3 is 0 Å². The van der Waals surface area contributed by atoms with Crippen molar-refractivity contribution in [2.45, 2.75) is 65.7 Å². The lowest BCUT2D eigenvalue weighted by Gasteiger charge is -2.26. The molecule has 0 fully saturated rings. The molecule has 0 spiro atoms. The highest BCUT2D eigenvalue weighted by Gasteiger charge is 2.30. The Morgan fingerprint density at radius 2 is 1.53 bits per heavy atom. The van der Waals surface area contributed by atoms with E-state index in [1.165, 1.54) is 17.0 Å². The Balaban J connectivity index is 3.37. The highest BCUT2D eigenvalue weighted by Crippen LogP contribution is 2.34. The lowest BCUT2D eigenvalue weighted by molar-refractivity contribution is 0.518. The normalized spacial score (nSPS) is 13.3. The van der Waals surface area contributed by atoms with Gasteiger partial charge in [0.05, 0.1) is 5.69 Å². The molecule has 0 atom stereocenters. The number of aryl methyl sites for hydroxylation is 1. The van der Waals surface area contributed by atoms with Crippen molar-refractivity contribution in [3.05, 3.63) is 17.0 Å². The molecule has 1 aromatic heterocycles. The van der Waals surface area contributed by atoms with E-state index in [1.54, 1.807) is 0 Å². The highest BCUT2D eigenvalue weighted by atomic mass is 15.1. The Hall–Kier alpha value is -0.790. The van der Waals surface area contributed by atoms with Crippen LogP contribution < -0.4 is 0 Å². The summed E-state index contributed by atoms with van der Waals surface area (Å²) < 4.78 is 0. The fourth-order valence-corrected chi connectivity index (χ4v) is 1.98. The van der Waals surface area contributed by atoms with Crippen molar-refractivity contribution in [2.75, 3.05) is 0 Å². The molecule has 0 aromatic carbocycles. The summed E-state index contributed by atoms with van der Waals surface area (Å²) in [6.07, 6.45) is 1.02. The van der Waals surface area contributed by atoms with Crippen LogP contribution in [0.15, 0.2) is 0 Å². The average Bonchev–Trinajstić information content (AvgIpc) is 2.44. The van der Waals surface area contributed by atoms with E-state index in [4.69, 9.17) is 0 Å². The summed E-state index contributed by atoms with van der Waals surface area (Å²) in [6.45, 7) is 15.6. The van der Waals surface area contributed by atoms with Crippen LogP contribution in [0.1, 0.15) is 65.4 Å². The first-order valence-electron chi connectivity index (χ1n) is 5.76. The van der Waals surface area contributed by atoms with E-state index in [2.05, 4.69) is 58.7 Å². The molecule has 15 heavy (non-hydrogen) atoms. The number of nitrogens with one attached hydrogen (secondary N) is 1. The second-order valence-corrected chi connectivity index (χ2v) is 6.28. The maximum atomic E-state index is 4.50. The minimum Gasteiger partial charge on any atom is -0.282 e. The van der Waals surface area contributed by atoms with E-state index in [0.29, 0.717) is 0 Å². The minimum absolute atomic E-state index is 0.118. The van der Waals surface area contributed by atoms with Crippen molar-refractivity contribution in [2.24, 2.45) is 0 Å². The van der Waals surface area contributed by atoms with Crippen molar-refractivity contribution in [1.29, 1.82) is 0 Å². The van der Waals surface area contributed by atoms with Crippen LogP contribution in [-0.2, 0) is 17.3 Å². The zero-order valence-electron chi connectivity index (χ0n) is 11.2. The van der Waals surface area contributed by atoms with Gasteiger partial charge in [0, 0.05) is 16.7 Å². The summed E-state index contributed by atoms with van der Waals surface area (Å²) in [6, 6.07) is 0. The quantitative estimate of drug-likeness (QED) is 0.751. The van der Waals surface area contributed by atoms with Gasteiger partial charge in [-0.15, -0.1) is 0 Å². The second kappa shape index (κ2) is 3.66. The third kappa shape index (κ3) is 2.42. The molecule has 2 heteroatoms. The van der Waals surface area contributed by atoms with Crippen LogP contribution in [0.2, 0.25) is 0 Å². The van der Waals surface area contributed by atoms with Gasteiger partial charge < -0.3 is 0 Å². The predicted octanol–water partition coefficient (Wildman–Crippen LogP) is 3.57. The first-order valence-corrected chi connectivity index (χ1v) is 5.76. The molecule has 1 aromatic rings. The van der Waals surface area contributed by atoms with Crippen LogP contribution in [0.5, 0.6) is 0 Å². The van der Waals surface area contributed by atoms with Gasteiger partial charge in [0.2, 0.25) is 0 Å². The van der Waals surface area contributed by atoms with Crippen LogP contribution >= 0.6 is 0 Å².